The summed E-state index contributed by atoms with van der Waals surface area (Å²) in [7, 11) is 0. The first-order valence-corrected chi connectivity index (χ1v) is 5.67. The topological polar surface area (TPSA) is 99.8 Å². The molecule has 0 fully saturated rings. The fraction of sp³-hybridized carbons (Fsp3) is 0.364. The van der Waals surface area contributed by atoms with Gasteiger partial charge in [0.15, 0.2) is 11.1 Å². The molecule has 3 rings (SSSR count). The Morgan fingerprint density at radius 3 is 3.28 bits per heavy atom. The van der Waals surface area contributed by atoms with E-state index in [1.165, 1.54) is 6.33 Å². The average molecular weight is 247 g/mol. The van der Waals surface area contributed by atoms with Gasteiger partial charge < -0.3 is 14.8 Å². The number of ether oxygens (including phenoxy) is 1. The van der Waals surface area contributed by atoms with E-state index in [0.717, 1.165) is 0 Å². The number of hydrogen-bond acceptors (Lipinski definition) is 5. The first kappa shape index (κ1) is 11.1. The Balaban J connectivity index is 2.02. The number of aliphatic hydroxyl groups excluding tert-OH is 1. The standard InChI is InChI=1S/C11H13N5O2/c12-10-9-11(14-5-13-9)15-6-16(10)8-3-1-2-7(4-17)18-8/h1-2,5-8,12,17H,3-4H2,(H,13,14)/t7-,8-/m0/s1. The molecule has 1 aliphatic rings. The predicted octanol–water partition coefficient (Wildman–Crippen LogP) is 0.0749. The Labute approximate surface area is 102 Å². The number of rotatable bonds is 2. The van der Waals surface area contributed by atoms with Crippen molar-refractivity contribution in [2.24, 2.45) is 0 Å². The maximum absolute atomic E-state index is 9.10. The van der Waals surface area contributed by atoms with Gasteiger partial charge in [-0.2, -0.15) is 0 Å². The van der Waals surface area contributed by atoms with Crippen LogP contribution in [0.2, 0.25) is 0 Å². The molecule has 0 aromatic carbocycles. The molecular formula is C11H13N5O2. The molecule has 1 aliphatic heterocycles. The lowest BCUT2D eigenvalue weighted by Crippen LogP contribution is -2.32. The van der Waals surface area contributed by atoms with E-state index in [9.17, 15) is 0 Å². The van der Waals surface area contributed by atoms with Crippen LogP contribution in [0.3, 0.4) is 0 Å². The van der Waals surface area contributed by atoms with E-state index in [4.69, 9.17) is 15.3 Å². The molecule has 0 amide bonds. The summed E-state index contributed by atoms with van der Waals surface area (Å²) < 4.78 is 7.29. The van der Waals surface area contributed by atoms with Gasteiger partial charge in [0.05, 0.1) is 12.9 Å². The third kappa shape index (κ3) is 1.73. The van der Waals surface area contributed by atoms with Crippen LogP contribution in [-0.4, -0.2) is 37.3 Å². The lowest BCUT2D eigenvalue weighted by molar-refractivity contribution is -0.0609. The van der Waals surface area contributed by atoms with E-state index in [1.807, 2.05) is 12.2 Å². The first-order chi connectivity index (χ1) is 8.79. The van der Waals surface area contributed by atoms with Crippen molar-refractivity contribution in [2.45, 2.75) is 18.8 Å². The van der Waals surface area contributed by atoms with Gasteiger partial charge in [-0.05, 0) is 0 Å². The molecule has 2 aromatic rings. The fourth-order valence-corrected chi connectivity index (χ4v) is 2.01. The zero-order chi connectivity index (χ0) is 12.5. The molecular weight excluding hydrogens is 234 g/mol. The summed E-state index contributed by atoms with van der Waals surface area (Å²) in [5.74, 6) is 0. The Hall–Kier alpha value is -1.99. The quantitative estimate of drug-likeness (QED) is 0.654. The highest BCUT2D eigenvalue weighted by atomic mass is 16.5. The van der Waals surface area contributed by atoms with Gasteiger partial charge in [0.1, 0.15) is 24.2 Å². The number of aromatic nitrogens is 4. The number of H-pyrrole nitrogens is 1. The fourth-order valence-electron chi connectivity index (χ4n) is 2.01. The summed E-state index contributed by atoms with van der Waals surface area (Å²) in [6, 6.07) is 0. The van der Waals surface area contributed by atoms with Gasteiger partial charge in [-0.3, -0.25) is 9.98 Å². The summed E-state index contributed by atoms with van der Waals surface area (Å²) >= 11 is 0. The minimum Gasteiger partial charge on any atom is -0.393 e. The second-order valence-electron chi connectivity index (χ2n) is 4.08. The Morgan fingerprint density at radius 1 is 1.56 bits per heavy atom. The van der Waals surface area contributed by atoms with Gasteiger partial charge in [0, 0.05) is 6.42 Å². The van der Waals surface area contributed by atoms with Crippen molar-refractivity contribution in [3.05, 3.63) is 30.3 Å². The smallest absolute Gasteiger partial charge is 0.182 e. The van der Waals surface area contributed by atoms with Crippen LogP contribution in [0.25, 0.3) is 11.2 Å². The summed E-state index contributed by atoms with van der Waals surface area (Å²) in [6.45, 7) is -0.0688. The van der Waals surface area contributed by atoms with Crippen LogP contribution in [-0.2, 0) is 4.74 Å². The number of aliphatic hydroxyl groups is 1. The maximum Gasteiger partial charge on any atom is 0.182 e. The van der Waals surface area contributed by atoms with Crippen molar-refractivity contribution in [1.82, 2.24) is 19.5 Å². The molecule has 2 aromatic heterocycles. The Morgan fingerprint density at radius 2 is 2.44 bits per heavy atom. The highest BCUT2D eigenvalue weighted by molar-refractivity contribution is 5.67. The SMILES string of the molecule is N=c1c2[nH]cnc2ncn1[C@@H]1CC=C[C@@H](CO)O1. The van der Waals surface area contributed by atoms with Gasteiger partial charge in [-0.1, -0.05) is 12.2 Å². The molecule has 94 valence electrons. The normalized spacial score (nSPS) is 23.6. The summed E-state index contributed by atoms with van der Waals surface area (Å²) in [5.41, 5.74) is 1.37. The Kier molecular flexibility index (Phi) is 2.69. The van der Waals surface area contributed by atoms with Crippen LogP contribution >= 0.6 is 0 Å². The van der Waals surface area contributed by atoms with Crippen LogP contribution in [0.15, 0.2) is 24.8 Å². The molecule has 7 heteroatoms. The highest BCUT2D eigenvalue weighted by Gasteiger charge is 2.20. The molecule has 2 atom stereocenters. The van der Waals surface area contributed by atoms with Gasteiger partial charge >= 0.3 is 0 Å². The second-order valence-corrected chi connectivity index (χ2v) is 4.08. The third-order valence-electron chi connectivity index (χ3n) is 2.93. The number of hydrogen-bond donors (Lipinski definition) is 3. The zero-order valence-electron chi connectivity index (χ0n) is 9.58. The predicted molar refractivity (Wildman–Crippen MR) is 62.5 cm³/mol. The van der Waals surface area contributed by atoms with Crippen molar-refractivity contribution in [1.29, 1.82) is 5.41 Å². The van der Waals surface area contributed by atoms with Crippen LogP contribution in [0, 0.1) is 5.41 Å². The van der Waals surface area contributed by atoms with E-state index in [1.54, 1.807) is 10.9 Å². The monoisotopic (exact) mass is 247 g/mol. The number of fused-ring (bicyclic) bond motifs is 1. The van der Waals surface area contributed by atoms with Crippen molar-refractivity contribution >= 4 is 11.2 Å². The number of nitrogens with one attached hydrogen (secondary N) is 2. The summed E-state index contributed by atoms with van der Waals surface area (Å²) in [5, 5.41) is 17.2. The number of imidazole rings is 1. The van der Waals surface area contributed by atoms with Crippen LogP contribution in [0.4, 0.5) is 0 Å². The average Bonchev–Trinajstić information content (AvgIpc) is 2.88. The van der Waals surface area contributed by atoms with Crippen molar-refractivity contribution in [3.63, 3.8) is 0 Å². The molecule has 3 N–H and O–H groups in total. The minimum atomic E-state index is -0.326. The number of aromatic amines is 1. The molecule has 0 saturated carbocycles. The lowest BCUT2D eigenvalue weighted by Gasteiger charge is -2.26. The molecule has 0 saturated heterocycles. The summed E-state index contributed by atoms with van der Waals surface area (Å²) in [4.78, 5) is 11.1. The molecule has 0 bridgehead atoms. The van der Waals surface area contributed by atoms with E-state index < -0.39 is 0 Å². The van der Waals surface area contributed by atoms with E-state index >= 15 is 0 Å². The lowest BCUT2D eigenvalue weighted by atomic mass is 10.2. The third-order valence-corrected chi connectivity index (χ3v) is 2.93. The molecule has 0 unspecified atom stereocenters. The van der Waals surface area contributed by atoms with E-state index in [-0.39, 0.29) is 24.4 Å². The second kappa shape index (κ2) is 4.35. The van der Waals surface area contributed by atoms with Crippen LogP contribution < -0.4 is 5.49 Å². The van der Waals surface area contributed by atoms with Gasteiger partial charge in [0.25, 0.3) is 0 Å². The molecule has 18 heavy (non-hydrogen) atoms. The van der Waals surface area contributed by atoms with E-state index in [0.29, 0.717) is 17.6 Å². The highest BCUT2D eigenvalue weighted by Crippen LogP contribution is 2.20. The minimum absolute atomic E-state index is 0.0688. The summed E-state index contributed by atoms with van der Waals surface area (Å²) in [6.07, 6.45) is 6.82. The molecule has 0 radical (unpaired) electrons. The largest absolute Gasteiger partial charge is 0.393 e. The molecule has 3 heterocycles. The molecule has 0 spiro atoms. The van der Waals surface area contributed by atoms with Crippen molar-refractivity contribution in [3.8, 4) is 0 Å². The van der Waals surface area contributed by atoms with Gasteiger partial charge in [-0.15, -0.1) is 0 Å². The Bertz CT molecular complexity index is 644. The van der Waals surface area contributed by atoms with Gasteiger partial charge in [0.2, 0.25) is 0 Å². The maximum atomic E-state index is 9.10. The number of nitrogens with zero attached hydrogens (tertiary/aromatic N) is 3. The zero-order valence-corrected chi connectivity index (χ0v) is 9.58. The van der Waals surface area contributed by atoms with Crippen LogP contribution in [0.5, 0.6) is 0 Å². The van der Waals surface area contributed by atoms with Crippen LogP contribution in [0.1, 0.15) is 12.6 Å². The molecule has 0 aliphatic carbocycles. The van der Waals surface area contributed by atoms with Crippen molar-refractivity contribution < 1.29 is 9.84 Å². The first-order valence-electron chi connectivity index (χ1n) is 5.67. The van der Waals surface area contributed by atoms with Gasteiger partial charge in [-0.25, -0.2) is 9.97 Å². The van der Waals surface area contributed by atoms with E-state index in [2.05, 4.69) is 15.0 Å². The molecule has 7 nitrogen and oxygen atoms in total. The van der Waals surface area contributed by atoms with Crippen molar-refractivity contribution in [2.75, 3.05) is 6.61 Å².